The molecule has 0 fully saturated rings. The average molecular weight is 320 g/mol. The van der Waals surface area contributed by atoms with Crippen LogP contribution in [0, 0.1) is 0 Å². The van der Waals surface area contributed by atoms with Gasteiger partial charge in [0, 0.05) is 6.42 Å². The second-order valence-electron chi connectivity index (χ2n) is 5.67. The van der Waals surface area contributed by atoms with E-state index < -0.39 is 11.8 Å². The molecule has 0 aliphatic rings. The molecule has 0 aliphatic heterocycles. The molecule has 0 saturated carbocycles. The molecule has 4 nitrogen and oxygen atoms in total. The van der Waals surface area contributed by atoms with Crippen molar-refractivity contribution in [3.8, 4) is 5.75 Å². The van der Waals surface area contributed by atoms with Gasteiger partial charge in [0.25, 0.3) is 0 Å². The summed E-state index contributed by atoms with van der Waals surface area (Å²) in [6, 6.07) is 7.73. The zero-order valence-electron chi connectivity index (χ0n) is 14.3. The third-order valence-electron chi connectivity index (χ3n) is 3.74. The molecule has 1 aromatic carbocycles. The van der Waals surface area contributed by atoms with E-state index in [-0.39, 0.29) is 6.42 Å². The van der Waals surface area contributed by atoms with E-state index in [0.29, 0.717) is 13.0 Å². The number of esters is 1. The number of methoxy groups -OCH3 is 1. The molecule has 23 heavy (non-hydrogen) atoms. The lowest BCUT2D eigenvalue weighted by molar-refractivity contribution is -0.154. The van der Waals surface area contributed by atoms with Crippen LogP contribution in [0.25, 0.3) is 0 Å². The molecule has 1 rings (SSSR count). The maximum Gasteiger partial charge on any atom is 0.374 e. The highest BCUT2D eigenvalue weighted by Gasteiger charge is 2.14. The first-order chi connectivity index (χ1) is 11.2. The number of ether oxygens (including phenoxy) is 2. The number of rotatable bonds is 12. The summed E-state index contributed by atoms with van der Waals surface area (Å²) < 4.78 is 10.1. The van der Waals surface area contributed by atoms with Gasteiger partial charge in [-0.1, -0.05) is 44.7 Å². The van der Waals surface area contributed by atoms with Crippen molar-refractivity contribution >= 4 is 11.8 Å². The van der Waals surface area contributed by atoms with Crippen LogP contribution in [0.1, 0.15) is 57.4 Å². The average Bonchev–Trinajstić information content (AvgIpc) is 2.58. The van der Waals surface area contributed by atoms with Crippen LogP contribution in [0.2, 0.25) is 0 Å². The maximum atomic E-state index is 11.7. The van der Waals surface area contributed by atoms with E-state index >= 15 is 0 Å². The quantitative estimate of drug-likeness (QED) is 0.330. The SMILES string of the molecule is CCCCCCCOC(=O)C(=O)CCCc1ccc(OC)cc1. The Bertz CT molecular complexity index is 465. The van der Waals surface area contributed by atoms with Crippen LogP contribution < -0.4 is 4.74 Å². The Kier molecular flexibility index (Phi) is 9.76. The molecule has 0 bridgehead atoms. The first-order valence-corrected chi connectivity index (χ1v) is 8.50. The molecule has 0 saturated heterocycles. The summed E-state index contributed by atoms with van der Waals surface area (Å²) in [7, 11) is 1.63. The van der Waals surface area contributed by atoms with Crippen molar-refractivity contribution < 1.29 is 19.1 Å². The van der Waals surface area contributed by atoms with Gasteiger partial charge in [-0.25, -0.2) is 4.79 Å². The molecule has 1 aromatic rings. The van der Waals surface area contributed by atoms with Crippen molar-refractivity contribution in [2.45, 2.75) is 58.3 Å². The molecule has 0 amide bonds. The summed E-state index contributed by atoms with van der Waals surface area (Å²) in [4.78, 5) is 23.3. The molecule has 0 N–H and O–H groups in total. The van der Waals surface area contributed by atoms with Gasteiger partial charge in [-0.05, 0) is 37.0 Å². The van der Waals surface area contributed by atoms with Crippen molar-refractivity contribution in [3.63, 3.8) is 0 Å². The molecule has 0 radical (unpaired) electrons. The van der Waals surface area contributed by atoms with Crippen LogP contribution in [0.15, 0.2) is 24.3 Å². The summed E-state index contributed by atoms with van der Waals surface area (Å²) in [6.45, 7) is 2.51. The van der Waals surface area contributed by atoms with E-state index in [0.717, 1.165) is 37.0 Å². The van der Waals surface area contributed by atoms with Crippen molar-refractivity contribution in [1.29, 1.82) is 0 Å². The summed E-state index contributed by atoms with van der Waals surface area (Å²) >= 11 is 0. The minimum absolute atomic E-state index is 0.237. The van der Waals surface area contributed by atoms with Crippen LogP contribution in [-0.4, -0.2) is 25.5 Å². The Balaban J connectivity index is 2.13. The second-order valence-corrected chi connectivity index (χ2v) is 5.67. The number of hydrogen-bond donors (Lipinski definition) is 0. The minimum atomic E-state index is -0.685. The van der Waals surface area contributed by atoms with Crippen molar-refractivity contribution in [2.75, 3.05) is 13.7 Å². The predicted octanol–water partition coefficient (Wildman–Crippen LogP) is 4.10. The van der Waals surface area contributed by atoms with Crippen LogP contribution in [0.4, 0.5) is 0 Å². The monoisotopic (exact) mass is 320 g/mol. The molecular formula is C19H28O4. The number of hydrogen-bond acceptors (Lipinski definition) is 4. The van der Waals surface area contributed by atoms with Crippen molar-refractivity contribution in [3.05, 3.63) is 29.8 Å². The Hall–Kier alpha value is -1.84. The third kappa shape index (κ3) is 8.38. The zero-order chi connectivity index (χ0) is 16.9. The minimum Gasteiger partial charge on any atom is -0.497 e. The van der Waals surface area contributed by atoms with Crippen LogP contribution in [-0.2, 0) is 20.7 Å². The first kappa shape index (κ1) is 19.2. The Morgan fingerprint density at radius 1 is 0.957 bits per heavy atom. The van der Waals surface area contributed by atoms with Gasteiger partial charge < -0.3 is 9.47 Å². The standard InChI is InChI=1S/C19H28O4/c1-3-4-5-6-7-15-23-19(21)18(20)10-8-9-16-11-13-17(22-2)14-12-16/h11-14H,3-10,15H2,1-2H3. The van der Waals surface area contributed by atoms with E-state index in [2.05, 4.69) is 6.92 Å². The number of Topliss-reactive ketones (excluding diaryl/α,β-unsaturated/α-hetero) is 1. The summed E-state index contributed by atoms with van der Waals surface area (Å²) in [5, 5.41) is 0. The summed E-state index contributed by atoms with van der Waals surface area (Å²) in [6.07, 6.45) is 7.09. The number of unbranched alkanes of at least 4 members (excludes halogenated alkanes) is 4. The molecule has 0 aliphatic carbocycles. The summed E-state index contributed by atoms with van der Waals surface area (Å²) in [5.41, 5.74) is 1.13. The Morgan fingerprint density at radius 3 is 2.30 bits per heavy atom. The fourth-order valence-electron chi connectivity index (χ4n) is 2.30. The molecule has 0 spiro atoms. The Morgan fingerprint density at radius 2 is 1.65 bits per heavy atom. The number of aryl methyl sites for hydroxylation is 1. The zero-order valence-corrected chi connectivity index (χ0v) is 14.3. The fourth-order valence-corrected chi connectivity index (χ4v) is 2.30. The highest BCUT2D eigenvalue weighted by Crippen LogP contribution is 2.13. The van der Waals surface area contributed by atoms with E-state index in [1.54, 1.807) is 7.11 Å². The molecular weight excluding hydrogens is 292 g/mol. The van der Waals surface area contributed by atoms with E-state index in [4.69, 9.17) is 9.47 Å². The van der Waals surface area contributed by atoms with Gasteiger partial charge in [-0.3, -0.25) is 4.79 Å². The van der Waals surface area contributed by atoms with Gasteiger partial charge >= 0.3 is 5.97 Å². The Labute approximate surface area is 139 Å². The highest BCUT2D eigenvalue weighted by atomic mass is 16.5. The molecule has 128 valence electrons. The lowest BCUT2D eigenvalue weighted by Gasteiger charge is -2.05. The number of carbonyl (C=O) groups is 2. The van der Waals surface area contributed by atoms with Gasteiger partial charge in [0.15, 0.2) is 0 Å². The maximum absolute atomic E-state index is 11.7. The molecule has 4 heteroatoms. The lowest BCUT2D eigenvalue weighted by atomic mass is 10.1. The highest BCUT2D eigenvalue weighted by molar-refractivity contribution is 6.33. The van der Waals surface area contributed by atoms with E-state index in [9.17, 15) is 9.59 Å². The van der Waals surface area contributed by atoms with Gasteiger partial charge in [0.2, 0.25) is 5.78 Å². The molecule has 0 heterocycles. The number of benzene rings is 1. The first-order valence-electron chi connectivity index (χ1n) is 8.50. The lowest BCUT2D eigenvalue weighted by Crippen LogP contribution is -2.18. The number of carbonyl (C=O) groups excluding carboxylic acids is 2. The predicted molar refractivity (Wildman–Crippen MR) is 90.7 cm³/mol. The van der Waals surface area contributed by atoms with Crippen molar-refractivity contribution in [2.24, 2.45) is 0 Å². The van der Waals surface area contributed by atoms with E-state index in [1.165, 1.54) is 12.8 Å². The van der Waals surface area contributed by atoms with Gasteiger partial charge in [-0.2, -0.15) is 0 Å². The van der Waals surface area contributed by atoms with Crippen LogP contribution in [0.3, 0.4) is 0 Å². The smallest absolute Gasteiger partial charge is 0.374 e. The normalized spacial score (nSPS) is 10.3. The molecule has 0 unspecified atom stereocenters. The largest absolute Gasteiger partial charge is 0.497 e. The van der Waals surface area contributed by atoms with Crippen molar-refractivity contribution in [1.82, 2.24) is 0 Å². The third-order valence-corrected chi connectivity index (χ3v) is 3.74. The van der Waals surface area contributed by atoms with Crippen LogP contribution in [0.5, 0.6) is 5.75 Å². The van der Waals surface area contributed by atoms with Gasteiger partial charge in [0.05, 0.1) is 13.7 Å². The molecule has 0 aromatic heterocycles. The van der Waals surface area contributed by atoms with Gasteiger partial charge in [-0.15, -0.1) is 0 Å². The second kappa shape index (κ2) is 11.7. The van der Waals surface area contributed by atoms with Gasteiger partial charge in [0.1, 0.15) is 5.75 Å². The van der Waals surface area contributed by atoms with Crippen LogP contribution >= 0.6 is 0 Å². The molecule has 0 atom stereocenters. The topological polar surface area (TPSA) is 52.6 Å². The van der Waals surface area contributed by atoms with E-state index in [1.807, 2.05) is 24.3 Å². The summed E-state index contributed by atoms with van der Waals surface area (Å²) in [5.74, 6) is -0.297. The number of ketones is 1. The fraction of sp³-hybridized carbons (Fsp3) is 0.579.